The van der Waals surface area contributed by atoms with E-state index in [0.29, 0.717) is 17.1 Å². The highest BCUT2D eigenvalue weighted by molar-refractivity contribution is 6.03. The van der Waals surface area contributed by atoms with Crippen LogP contribution >= 0.6 is 0 Å². The van der Waals surface area contributed by atoms with Crippen molar-refractivity contribution in [1.82, 2.24) is 9.97 Å². The zero-order chi connectivity index (χ0) is 22.5. The van der Waals surface area contributed by atoms with Crippen molar-refractivity contribution in [1.29, 1.82) is 5.41 Å². The summed E-state index contributed by atoms with van der Waals surface area (Å²) in [7, 11) is 0. The number of carboxylic acid groups (broad SMARTS) is 1. The van der Waals surface area contributed by atoms with Crippen LogP contribution in [0.4, 0.5) is 0 Å². The van der Waals surface area contributed by atoms with Gasteiger partial charge in [-0.3, -0.25) is 9.78 Å². The average molecular weight is 413 g/mol. The first-order valence-electron chi connectivity index (χ1n) is 9.38. The molecule has 0 unspecified atom stereocenters. The van der Waals surface area contributed by atoms with E-state index in [0.717, 1.165) is 11.1 Å². The lowest BCUT2D eigenvalue weighted by Crippen LogP contribution is -2.30. The van der Waals surface area contributed by atoms with Gasteiger partial charge in [-0.25, -0.2) is 10.4 Å². The molecule has 0 atom stereocenters. The van der Waals surface area contributed by atoms with Crippen molar-refractivity contribution in [3.63, 3.8) is 0 Å². The van der Waals surface area contributed by atoms with Crippen LogP contribution in [0.15, 0.2) is 35.6 Å². The molecule has 0 aliphatic rings. The number of aryl methyl sites for hydroxylation is 1. The van der Waals surface area contributed by atoms with E-state index in [2.05, 4.69) is 15.0 Å². The summed E-state index contributed by atoms with van der Waals surface area (Å²) < 4.78 is 10.7. The van der Waals surface area contributed by atoms with Crippen molar-refractivity contribution in [2.24, 2.45) is 16.1 Å². The lowest BCUT2D eigenvalue weighted by molar-refractivity contribution is -0.148. The fourth-order valence-corrected chi connectivity index (χ4v) is 2.32. The second kappa shape index (κ2) is 9.34. The van der Waals surface area contributed by atoms with Gasteiger partial charge < -0.3 is 20.3 Å². The summed E-state index contributed by atoms with van der Waals surface area (Å²) in [5.74, 6) is -0.449. The van der Waals surface area contributed by atoms with Crippen LogP contribution in [0.5, 0.6) is 5.88 Å². The maximum Gasteiger partial charge on any atom is 0.312 e. The molecule has 30 heavy (non-hydrogen) atoms. The number of nitrogens with one attached hydrogen (secondary N) is 1. The van der Waals surface area contributed by atoms with Gasteiger partial charge in [-0.2, -0.15) is 4.99 Å². The van der Waals surface area contributed by atoms with E-state index >= 15 is 0 Å². The number of pyridine rings is 2. The van der Waals surface area contributed by atoms with E-state index < -0.39 is 11.4 Å². The minimum atomic E-state index is -1.01. The minimum Gasteiger partial charge on any atom is -0.481 e. The molecule has 0 saturated carbocycles. The SMILES string of the molecule is Cc1cc(OCC(C)(C)C(=O)O)ncc1-c1ccc(C(N)=NC(=N)OC(C)C)cn1. The maximum absolute atomic E-state index is 11.2. The largest absolute Gasteiger partial charge is 0.481 e. The van der Waals surface area contributed by atoms with Gasteiger partial charge in [0.05, 0.1) is 17.2 Å². The molecule has 0 bridgehead atoms. The third-order valence-electron chi connectivity index (χ3n) is 4.15. The molecule has 160 valence electrons. The van der Waals surface area contributed by atoms with Crippen molar-refractivity contribution >= 4 is 17.8 Å². The molecular weight excluding hydrogens is 386 g/mol. The summed E-state index contributed by atoms with van der Waals surface area (Å²) in [6, 6.07) is 5.02. The van der Waals surface area contributed by atoms with E-state index in [4.69, 9.17) is 25.7 Å². The van der Waals surface area contributed by atoms with Crippen molar-refractivity contribution in [2.75, 3.05) is 6.61 Å². The number of carboxylic acids is 1. The number of aliphatic carboxylic acids is 1. The Labute approximate surface area is 175 Å². The Kier molecular flexibility index (Phi) is 7.10. The highest BCUT2D eigenvalue weighted by Gasteiger charge is 2.28. The zero-order valence-electron chi connectivity index (χ0n) is 17.8. The van der Waals surface area contributed by atoms with Gasteiger partial charge in [0.15, 0.2) is 0 Å². The molecule has 9 heteroatoms. The smallest absolute Gasteiger partial charge is 0.312 e. The number of ether oxygens (including phenoxy) is 2. The van der Waals surface area contributed by atoms with Gasteiger partial charge in [-0.15, -0.1) is 0 Å². The molecular formula is C21H27N5O4. The first kappa shape index (κ1) is 22.8. The van der Waals surface area contributed by atoms with Crippen molar-refractivity contribution in [3.8, 4) is 17.1 Å². The van der Waals surface area contributed by atoms with Crippen LogP contribution in [0.25, 0.3) is 11.3 Å². The molecule has 0 amide bonds. The van der Waals surface area contributed by atoms with Crippen molar-refractivity contribution < 1.29 is 19.4 Å². The summed E-state index contributed by atoms with van der Waals surface area (Å²) in [6.45, 7) is 8.69. The van der Waals surface area contributed by atoms with Gasteiger partial charge in [0.2, 0.25) is 5.88 Å². The molecule has 0 fully saturated rings. The Bertz CT molecular complexity index is 952. The first-order chi connectivity index (χ1) is 14.0. The Morgan fingerprint density at radius 1 is 1.30 bits per heavy atom. The third kappa shape index (κ3) is 6.00. The fourth-order valence-electron chi connectivity index (χ4n) is 2.32. The summed E-state index contributed by atoms with van der Waals surface area (Å²) in [4.78, 5) is 23.8. The normalized spacial score (nSPS) is 12.0. The van der Waals surface area contributed by atoms with E-state index in [9.17, 15) is 4.79 Å². The van der Waals surface area contributed by atoms with Crippen LogP contribution in [0.1, 0.15) is 38.8 Å². The monoisotopic (exact) mass is 413 g/mol. The van der Waals surface area contributed by atoms with Gasteiger partial charge in [0.25, 0.3) is 0 Å². The molecule has 4 N–H and O–H groups in total. The molecule has 0 radical (unpaired) electrons. The molecule has 0 spiro atoms. The number of rotatable bonds is 7. The quantitative estimate of drug-likeness (QED) is 0.467. The number of amidine groups is 2. The summed E-state index contributed by atoms with van der Waals surface area (Å²) in [6.07, 6.45) is 3.03. The summed E-state index contributed by atoms with van der Waals surface area (Å²) >= 11 is 0. The standard InChI is InChI=1S/C21H27N5O4/c1-12(2)30-20(23)26-18(22)14-6-7-16(24-9-14)15-10-25-17(8-13(15)3)29-11-21(4,5)19(27)28/h6-10,12H,11H2,1-5H3,(H,27,28)(H3,22,23,26). The number of carbonyl (C=O) groups is 1. The Morgan fingerprint density at radius 2 is 2.00 bits per heavy atom. The molecule has 2 aromatic rings. The van der Waals surface area contributed by atoms with Crippen LogP contribution in [-0.4, -0.2) is 45.6 Å². The molecule has 0 aliphatic heterocycles. The second-order valence-electron chi connectivity index (χ2n) is 7.72. The molecule has 0 aromatic carbocycles. The van der Waals surface area contributed by atoms with Crippen molar-refractivity contribution in [2.45, 2.75) is 40.7 Å². The average Bonchev–Trinajstić information content (AvgIpc) is 2.66. The van der Waals surface area contributed by atoms with Crippen LogP contribution in [0, 0.1) is 17.7 Å². The van der Waals surface area contributed by atoms with Gasteiger partial charge in [-0.1, -0.05) is 0 Å². The number of aliphatic imine (C=N–C) groups is 1. The maximum atomic E-state index is 11.2. The van der Waals surface area contributed by atoms with Crippen LogP contribution in [0.3, 0.4) is 0 Å². The van der Waals surface area contributed by atoms with E-state index in [1.807, 2.05) is 6.92 Å². The summed E-state index contributed by atoms with van der Waals surface area (Å²) in [5.41, 5.74) is 7.84. The highest BCUT2D eigenvalue weighted by Crippen LogP contribution is 2.25. The number of aromatic nitrogens is 2. The van der Waals surface area contributed by atoms with Gasteiger partial charge >= 0.3 is 12.0 Å². The molecule has 2 rings (SSSR count). The Morgan fingerprint density at radius 3 is 2.53 bits per heavy atom. The first-order valence-corrected chi connectivity index (χ1v) is 9.38. The second-order valence-corrected chi connectivity index (χ2v) is 7.72. The van der Waals surface area contributed by atoms with Gasteiger partial charge in [0, 0.05) is 29.6 Å². The predicted molar refractivity (Wildman–Crippen MR) is 114 cm³/mol. The number of hydrogen-bond acceptors (Lipinski definition) is 6. The molecule has 0 aliphatic carbocycles. The molecule has 2 heterocycles. The fraction of sp³-hybridized carbons (Fsp3) is 0.381. The van der Waals surface area contributed by atoms with Crippen LogP contribution < -0.4 is 10.5 Å². The number of nitrogens with zero attached hydrogens (tertiary/aromatic N) is 3. The zero-order valence-corrected chi connectivity index (χ0v) is 17.8. The van der Waals surface area contributed by atoms with Crippen LogP contribution in [-0.2, 0) is 9.53 Å². The molecule has 9 nitrogen and oxygen atoms in total. The van der Waals surface area contributed by atoms with Crippen molar-refractivity contribution in [3.05, 3.63) is 41.7 Å². The number of hydrogen-bond donors (Lipinski definition) is 3. The van der Waals surface area contributed by atoms with Crippen LogP contribution in [0.2, 0.25) is 0 Å². The number of nitrogens with two attached hydrogens (primary N) is 1. The van der Waals surface area contributed by atoms with Gasteiger partial charge in [-0.05, 0) is 52.3 Å². The lowest BCUT2D eigenvalue weighted by Gasteiger charge is -2.19. The topological polar surface area (TPSA) is 144 Å². The Balaban J connectivity index is 2.14. The van der Waals surface area contributed by atoms with E-state index in [1.54, 1.807) is 58.3 Å². The van der Waals surface area contributed by atoms with E-state index in [-0.39, 0.29) is 24.6 Å². The predicted octanol–water partition coefficient (Wildman–Crippen LogP) is 3.01. The molecule has 2 aromatic heterocycles. The third-order valence-corrected chi connectivity index (χ3v) is 4.15. The minimum absolute atomic E-state index is 0.00913. The highest BCUT2D eigenvalue weighted by atomic mass is 16.5. The summed E-state index contributed by atoms with van der Waals surface area (Å²) in [5, 5.41) is 16.8. The van der Waals surface area contributed by atoms with Gasteiger partial charge in [0.1, 0.15) is 12.4 Å². The lowest BCUT2D eigenvalue weighted by atomic mass is 9.95. The van der Waals surface area contributed by atoms with E-state index in [1.165, 1.54) is 0 Å². The Hall–Kier alpha value is -3.49. The molecule has 0 saturated heterocycles.